The van der Waals surface area contributed by atoms with E-state index >= 15 is 0 Å². The van der Waals surface area contributed by atoms with Crippen LogP contribution in [-0.2, 0) is 31.4 Å². The van der Waals surface area contributed by atoms with E-state index in [1.807, 2.05) is 38.6 Å². The minimum absolute atomic E-state index is 0.644. The van der Waals surface area contributed by atoms with E-state index < -0.39 is 17.5 Å². The van der Waals surface area contributed by atoms with E-state index in [1.165, 1.54) is 0 Å². The van der Waals surface area contributed by atoms with Crippen LogP contribution < -0.4 is 4.57 Å². The molecule has 0 aliphatic rings. The van der Waals surface area contributed by atoms with E-state index in [2.05, 4.69) is 17.1 Å². The first-order valence-corrected chi connectivity index (χ1v) is 10.2. The van der Waals surface area contributed by atoms with Gasteiger partial charge in [-0.05, 0) is 27.2 Å². The largest absolute Gasteiger partial charge is 0.501 e. The summed E-state index contributed by atoms with van der Waals surface area (Å²) in [6, 6.07) is 0.865. The summed E-state index contributed by atoms with van der Waals surface area (Å²) < 4.78 is 30.2. The highest BCUT2D eigenvalue weighted by Gasteiger charge is 2.39. The van der Waals surface area contributed by atoms with Crippen molar-refractivity contribution in [3.05, 3.63) is 18.7 Å². The molecule has 0 aliphatic carbocycles. The molecule has 0 saturated heterocycles. The first kappa shape index (κ1) is 21.4. The lowest BCUT2D eigenvalue weighted by Crippen LogP contribution is -2.46. The third-order valence-corrected chi connectivity index (χ3v) is 5.97. The van der Waals surface area contributed by atoms with Gasteiger partial charge in [0.1, 0.15) is 12.4 Å². The number of nitrogens with zero attached hydrogens (tertiary/aromatic N) is 2. The SMILES string of the molecule is CCO[Si](CCCn1cc[n+](C)c1)(OCC)OCC.O=PO. The van der Waals surface area contributed by atoms with Crippen LogP contribution in [0, 0.1) is 0 Å². The topological polar surface area (TPSA) is 73.8 Å². The van der Waals surface area contributed by atoms with E-state index in [4.69, 9.17) is 22.7 Å². The Hall–Kier alpha value is -0.633. The number of aryl methyl sites for hydroxylation is 2. The van der Waals surface area contributed by atoms with Gasteiger partial charge in [0.05, 0.1) is 13.6 Å². The van der Waals surface area contributed by atoms with Gasteiger partial charge in [0.2, 0.25) is 6.33 Å². The minimum atomic E-state index is -2.46. The first-order valence-electron chi connectivity index (χ1n) is 7.47. The van der Waals surface area contributed by atoms with Gasteiger partial charge in [-0.1, -0.05) is 0 Å². The van der Waals surface area contributed by atoms with Gasteiger partial charge >= 0.3 is 17.5 Å². The van der Waals surface area contributed by atoms with Crippen molar-refractivity contribution in [2.75, 3.05) is 19.8 Å². The minimum Gasteiger partial charge on any atom is -0.374 e. The second-order valence-corrected chi connectivity index (χ2v) is 7.38. The van der Waals surface area contributed by atoms with Crippen LogP contribution in [0.1, 0.15) is 27.2 Å². The molecule has 7 nitrogen and oxygen atoms in total. The van der Waals surface area contributed by atoms with Gasteiger partial charge < -0.3 is 18.2 Å². The Bertz CT molecular complexity index is 389. The van der Waals surface area contributed by atoms with Crippen molar-refractivity contribution in [3.8, 4) is 0 Å². The number of hydrogen-bond donors (Lipinski definition) is 1. The smallest absolute Gasteiger partial charge is 0.374 e. The summed E-state index contributed by atoms with van der Waals surface area (Å²) in [5.74, 6) is 0. The molecular weight excluding hydrogens is 323 g/mol. The predicted molar refractivity (Wildman–Crippen MR) is 85.5 cm³/mol. The van der Waals surface area contributed by atoms with Crippen molar-refractivity contribution < 1.29 is 27.3 Å². The van der Waals surface area contributed by atoms with E-state index in [1.54, 1.807) is 0 Å². The highest BCUT2D eigenvalue weighted by Crippen LogP contribution is 2.18. The zero-order valence-corrected chi connectivity index (χ0v) is 15.8. The lowest BCUT2D eigenvalue weighted by molar-refractivity contribution is -0.671. The van der Waals surface area contributed by atoms with Crippen LogP contribution in [0.3, 0.4) is 0 Å². The van der Waals surface area contributed by atoms with Crippen LogP contribution in [-0.4, -0.2) is 38.1 Å². The molecule has 1 aromatic heterocycles. The molecule has 0 spiro atoms. The Morgan fingerprint density at radius 2 is 1.68 bits per heavy atom. The lowest BCUT2D eigenvalue weighted by atomic mass is 10.5. The van der Waals surface area contributed by atoms with Crippen LogP contribution in [0.5, 0.6) is 0 Å². The maximum atomic E-state index is 8.46. The number of hydrogen-bond acceptors (Lipinski definition) is 4. The van der Waals surface area contributed by atoms with Crippen molar-refractivity contribution in [1.82, 2.24) is 4.57 Å². The molecule has 1 aromatic rings. The molecule has 0 unspecified atom stereocenters. The van der Waals surface area contributed by atoms with E-state index in [0.29, 0.717) is 19.8 Å². The van der Waals surface area contributed by atoms with Crippen LogP contribution in [0.15, 0.2) is 18.7 Å². The first-order chi connectivity index (χ1) is 10.6. The normalized spacial score (nSPS) is 11.3. The molecule has 0 atom stereocenters. The van der Waals surface area contributed by atoms with Gasteiger partial charge in [0.15, 0.2) is 0 Å². The lowest BCUT2D eigenvalue weighted by Gasteiger charge is -2.28. The van der Waals surface area contributed by atoms with Crippen LogP contribution in [0.2, 0.25) is 6.04 Å². The molecule has 0 aromatic carbocycles. The molecule has 1 heterocycles. The monoisotopic (exact) mass is 351 g/mol. The van der Waals surface area contributed by atoms with Gasteiger partial charge in [-0.3, -0.25) is 0 Å². The molecule has 0 saturated carbocycles. The van der Waals surface area contributed by atoms with Gasteiger partial charge in [-0.25, -0.2) is 13.7 Å². The fourth-order valence-electron chi connectivity index (χ4n) is 2.11. The van der Waals surface area contributed by atoms with E-state index in [9.17, 15) is 0 Å². The van der Waals surface area contributed by atoms with Crippen molar-refractivity contribution in [2.24, 2.45) is 7.05 Å². The summed E-state index contributed by atoms with van der Waals surface area (Å²) in [6.07, 6.45) is 7.19. The summed E-state index contributed by atoms with van der Waals surface area (Å²) in [6.45, 7) is 8.87. The van der Waals surface area contributed by atoms with Gasteiger partial charge in [-0.15, -0.1) is 0 Å². The quantitative estimate of drug-likeness (QED) is 0.396. The van der Waals surface area contributed by atoms with Crippen LogP contribution in [0.25, 0.3) is 0 Å². The molecule has 128 valence electrons. The van der Waals surface area contributed by atoms with E-state index in [0.717, 1.165) is 19.0 Å². The highest BCUT2D eigenvalue weighted by molar-refractivity contribution is 7.16. The average molecular weight is 351 g/mol. The van der Waals surface area contributed by atoms with Crippen molar-refractivity contribution in [2.45, 2.75) is 39.8 Å². The number of aromatic nitrogens is 2. The fourth-order valence-corrected chi connectivity index (χ4v) is 4.71. The van der Waals surface area contributed by atoms with Crippen molar-refractivity contribution in [1.29, 1.82) is 0 Å². The number of rotatable bonds is 10. The number of imidazole rings is 1. The third-order valence-electron chi connectivity index (χ3n) is 2.82. The van der Waals surface area contributed by atoms with Gasteiger partial charge in [0.25, 0.3) is 0 Å². The molecule has 1 N–H and O–H groups in total. The zero-order valence-electron chi connectivity index (χ0n) is 13.9. The van der Waals surface area contributed by atoms with Crippen molar-refractivity contribution >= 4 is 17.5 Å². The summed E-state index contributed by atoms with van der Waals surface area (Å²) in [7, 11) is -1.27. The Morgan fingerprint density at radius 1 is 1.18 bits per heavy atom. The molecular formula is C13H28N2O5PSi+. The summed E-state index contributed by atoms with van der Waals surface area (Å²) >= 11 is 0. The van der Waals surface area contributed by atoms with Crippen LogP contribution >= 0.6 is 8.69 Å². The molecule has 1 rings (SSSR count). The van der Waals surface area contributed by atoms with Crippen molar-refractivity contribution in [3.63, 3.8) is 0 Å². The highest BCUT2D eigenvalue weighted by atomic mass is 31.1. The maximum absolute atomic E-state index is 8.46. The summed E-state index contributed by atoms with van der Waals surface area (Å²) in [5, 5.41) is 0. The summed E-state index contributed by atoms with van der Waals surface area (Å²) in [5.41, 5.74) is 0. The standard InChI is InChI=1S/C13H27N2O3Si.HO2P/c1-5-16-19(17-6-2,18-7-3)12-8-9-15-11-10-14(4)13-15;1-3-2/h10-11,13H,5-9,12H2,1-4H3;(H,1,2)/q+1;. The second kappa shape index (κ2) is 12.9. The van der Waals surface area contributed by atoms with E-state index in [-0.39, 0.29) is 0 Å². The molecule has 0 fully saturated rings. The Morgan fingerprint density at radius 3 is 2.05 bits per heavy atom. The maximum Gasteiger partial charge on any atom is 0.501 e. The second-order valence-electron chi connectivity index (χ2n) is 4.48. The Balaban J connectivity index is 0.00000135. The summed E-state index contributed by atoms with van der Waals surface area (Å²) in [4.78, 5) is 6.99. The molecule has 0 aliphatic heterocycles. The Labute approximate surface area is 135 Å². The zero-order chi connectivity index (χ0) is 16.8. The predicted octanol–water partition coefficient (Wildman–Crippen LogP) is 1.94. The molecule has 0 amide bonds. The molecule has 22 heavy (non-hydrogen) atoms. The average Bonchev–Trinajstić information content (AvgIpc) is 2.86. The molecule has 9 heteroatoms. The Kier molecular flexibility index (Phi) is 12.5. The molecule has 0 bridgehead atoms. The molecule has 0 radical (unpaired) electrons. The fraction of sp³-hybridized carbons (Fsp3) is 0.769. The van der Waals surface area contributed by atoms with Gasteiger partial charge in [-0.2, -0.15) is 0 Å². The van der Waals surface area contributed by atoms with Crippen LogP contribution in [0.4, 0.5) is 0 Å². The van der Waals surface area contributed by atoms with Gasteiger partial charge in [0, 0.05) is 25.9 Å². The third kappa shape index (κ3) is 8.72.